The Labute approximate surface area is 228 Å². The number of ether oxygens (including phenoxy) is 2. The molecule has 0 bridgehead atoms. The topological polar surface area (TPSA) is 139 Å². The lowest BCUT2D eigenvalue weighted by Gasteiger charge is -2.40. The quantitative estimate of drug-likeness (QED) is 0.241. The molecule has 200 valence electrons. The van der Waals surface area contributed by atoms with Gasteiger partial charge in [-0.25, -0.2) is 0 Å². The van der Waals surface area contributed by atoms with E-state index >= 15 is 0 Å². The number of rotatable bonds is 12. The van der Waals surface area contributed by atoms with E-state index in [0.29, 0.717) is 38.9 Å². The first-order valence-corrected chi connectivity index (χ1v) is 13.0. The molecule has 1 aliphatic carbocycles. The van der Waals surface area contributed by atoms with Crippen molar-refractivity contribution in [1.29, 1.82) is 0 Å². The fourth-order valence-corrected chi connectivity index (χ4v) is 4.92. The van der Waals surface area contributed by atoms with Gasteiger partial charge in [0.05, 0.1) is 35.9 Å². The van der Waals surface area contributed by atoms with E-state index in [4.69, 9.17) is 19.0 Å². The summed E-state index contributed by atoms with van der Waals surface area (Å²) in [4.78, 5) is 38.9. The molecule has 1 heterocycles. The highest BCUT2D eigenvalue weighted by atomic mass is 127. The summed E-state index contributed by atoms with van der Waals surface area (Å²) in [7, 11) is 1.44. The molecule has 0 spiro atoms. The van der Waals surface area contributed by atoms with Crippen molar-refractivity contribution in [3.05, 3.63) is 57.1 Å². The molecule has 0 saturated carbocycles. The van der Waals surface area contributed by atoms with Crippen molar-refractivity contribution in [2.24, 2.45) is 0 Å². The lowest BCUT2D eigenvalue weighted by atomic mass is 9.87. The molecule has 1 aromatic carbocycles. The Morgan fingerprint density at radius 3 is 2.76 bits per heavy atom. The largest absolute Gasteiger partial charge is 0.493 e. The number of nitrogens with one attached hydrogen (secondary N) is 1. The molecule has 0 aliphatic heterocycles. The zero-order chi connectivity index (χ0) is 26.9. The van der Waals surface area contributed by atoms with Gasteiger partial charge in [0.1, 0.15) is 18.5 Å². The number of nitrogens with zero attached hydrogens (tertiary/aromatic N) is 1. The third-order valence-electron chi connectivity index (χ3n) is 5.97. The van der Waals surface area contributed by atoms with Crippen LogP contribution < -0.4 is 14.8 Å². The van der Waals surface area contributed by atoms with Crippen LogP contribution in [0.3, 0.4) is 0 Å². The Morgan fingerprint density at radius 2 is 2.14 bits per heavy atom. The molecule has 37 heavy (non-hydrogen) atoms. The maximum Gasteiger partial charge on any atom is 0.247 e. The second-order valence-electron chi connectivity index (χ2n) is 8.57. The standard InChI is InChI=1S/C26H31IN2O8/c1-3-4-23(32)29(13-16-5-8-36-15-16)20-11-18(26(34)28-6-7-30)12-21(24(20)33)37-25-19(27)9-17(14-31)10-22(25)35-2/h5,8-10,12,14-15,20-21,24,30,33H,3-4,6-7,11,13H2,1-2H3,(H,28,34). The van der Waals surface area contributed by atoms with Crippen LogP contribution in [0.1, 0.15) is 42.1 Å². The molecule has 0 saturated heterocycles. The number of aliphatic hydroxyl groups is 2. The molecule has 2 amide bonds. The predicted molar refractivity (Wildman–Crippen MR) is 142 cm³/mol. The summed E-state index contributed by atoms with van der Waals surface area (Å²) < 4.78 is 17.4. The number of aliphatic hydroxyl groups excluding tert-OH is 2. The predicted octanol–water partition coefficient (Wildman–Crippen LogP) is 2.45. The third-order valence-corrected chi connectivity index (χ3v) is 6.77. The van der Waals surface area contributed by atoms with Crippen molar-refractivity contribution in [3.63, 3.8) is 0 Å². The van der Waals surface area contributed by atoms with E-state index in [-0.39, 0.29) is 38.4 Å². The van der Waals surface area contributed by atoms with Gasteiger partial charge in [-0.1, -0.05) is 6.92 Å². The smallest absolute Gasteiger partial charge is 0.247 e. The summed E-state index contributed by atoms with van der Waals surface area (Å²) >= 11 is 2.00. The number of hydrogen-bond acceptors (Lipinski definition) is 8. The fraction of sp³-hybridized carbons (Fsp3) is 0.423. The van der Waals surface area contributed by atoms with E-state index in [0.717, 1.165) is 5.56 Å². The lowest BCUT2D eigenvalue weighted by molar-refractivity contribution is -0.139. The number of hydrogen-bond donors (Lipinski definition) is 3. The van der Waals surface area contributed by atoms with E-state index in [1.165, 1.54) is 31.8 Å². The molecule has 2 aromatic rings. The highest BCUT2D eigenvalue weighted by Crippen LogP contribution is 2.37. The fourth-order valence-electron chi connectivity index (χ4n) is 4.17. The van der Waals surface area contributed by atoms with Gasteiger partial charge in [0.2, 0.25) is 11.8 Å². The summed E-state index contributed by atoms with van der Waals surface area (Å²) in [5.74, 6) is -0.0129. The van der Waals surface area contributed by atoms with Gasteiger partial charge >= 0.3 is 0 Å². The number of aldehydes is 1. The van der Waals surface area contributed by atoms with Crippen molar-refractivity contribution < 1.29 is 38.5 Å². The Bertz CT molecular complexity index is 1120. The minimum Gasteiger partial charge on any atom is -0.493 e. The number of halogens is 1. The van der Waals surface area contributed by atoms with Gasteiger partial charge in [-0.15, -0.1) is 0 Å². The van der Waals surface area contributed by atoms with E-state index in [1.807, 2.05) is 29.5 Å². The summed E-state index contributed by atoms with van der Waals surface area (Å²) in [5.41, 5.74) is 1.45. The minimum absolute atomic E-state index is 0.0568. The van der Waals surface area contributed by atoms with Gasteiger partial charge in [-0.2, -0.15) is 0 Å². The first-order chi connectivity index (χ1) is 17.8. The van der Waals surface area contributed by atoms with E-state index in [1.54, 1.807) is 17.0 Å². The third kappa shape index (κ3) is 7.11. The first kappa shape index (κ1) is 28.7. The molecule has 3 N–H and O–H groups in total. The molecule has 0 fully saturated rings. The van der Waals surface area contributed by atoms with E-state index < -0.39 is 24.2 Å². The van der Waals surface area contributed by atoms with Crippen LogP contribution >= 0.6 is 22.6 Å². The second-order valence-corrected chi connectivity index (χ2v) is 9.73. The number of amides is 2. The van der Waals surface area contributed by atoms with Crippen LogP contribution in [0, 0.1) is 3.57 Å². The van der Waals surface area contributed by atoms with Crippen LogP contribution in [-0.2, 0) is 16.1 Å². The molecule has 0 radical (unpaired) electrons. The molecule has 3 rings (SSSR count). The molecule has 1 aliphatic rings. The van der Waals surface area contributed by atoms with Crippen molar-refractivity contribution in [1.82, 2.24) is 10.2 Å². The van der Waals surface area contributed by atoms with E-state index in [9.17, 15) is 19.5 Å². The Hall–Kier alpha value is -2.90. The summed E-state index contributed by atoms with van der Waals surface area (Å²) in [5, 5.41) is 23.3. The Balaban J connectivity index is 2.01. The SMILES string of the molecule is CCCC(=O)N(Cc1ccoc1)C1CC(C(=O)NCCO)=CC(Oc2c(I)cc(C=O)cc2OC)C1O. The normalized spacial score (nSPS) is 19.1. The monoisotopic (exact) mass is 626 g/mol. The number of benzene rings is 1. The maximum absolute atomic E-state index is 13.2. The van der Waals surface area contributed by atoms with Gasteiger partial charge in [-0.3, -0.25) is 14.4 Å². The maximum atomic E-state index is 13.2. The first-order valence-electron chi connectivity index (χ1n) is 11.9. The highest BCUT2D eigenvalue weighted by molar-refractivity contribution is 14.1. The number of methoxy groups -OCH3 is 1. The molecule has 1 aromatic heterocycles. The van der Waals surface area contributed by atoms with Gasteiger partial charge < -0.3 is 34.3 Å². The number of furan rings is 1. The highest BCUT2D eigenvalue weighted by Gasteiger charge is 2.40. The van der Waals surface area contributed by atoms with Gasteiger partial charge in [0.25, 0.3) is 0 Å². The number of carbonyl (C=O) groups excluding carboxylic acids is 3. The molecule has 10 nitrogen and oxygen atoms in total. The summed E-state index contributed by atoms with van der Waals surface area (Å²) in [6, 6.07) is 4.09. The van der Waals surface area contributed by atoms with Crippen molar-refractivity contribution in [2.75, 3.05) is 20.3 Å². The van der Waals surface area contributed by atoms with Crippen molar-refractivity contribution >= 4 is 40.7 Å². The van der Waals surface area contributed by atoms with Gasteiger partial charge in [0.15, 0.2) is 11.5 Å². The van der Waals surface area contributed by atoms with Crippen LogP contribution in [0.2, 0.25) is 0 Å². The van der Waals surface area contributed by atoms with Crippen molar-refractivity contribution in [2.45, 2.75) is 51.0 Å². The van der Waals surface area contributed by atoms with Crippen LogP contribution in [0.4, 0.5) is 0 Å². The molecule has 3 unspecified atom stereocenters. The van der Waals surface area contributed by atoms with Crippen LogP contribution in [-0.4, -0.2) is 71.7 Å². The molecule has 11 heteroatoms. The van der Waals surface area contributed by atoms with Gasteiger partial charge in [0, 0.05) is 42.6 Å². The zero-order valence-electron chi connectivity index (χ0n) is 20.7. The lowest BCUT2D eigenvalue weighted by Crippen LogP contribution is -2.54. The van der Waals surface area contributed by atoms with E-state index in [2.05, 4.69) is 5.32 Å². The average molecular weight is 626 g/mol. The zero-order valence-corrected chi connectivity index (χ0v) is 22.8. The van der Waals surface area contributed by atoms with Crippen LogP contribution in [0.25, 0.3) is 0 Å². The molecular weight excluding hydrogens is 595 g/mol. The number of carbonyl (C=O) groups is 3. The van der Waals surface area contributed by atoms with Gasteiger partial charge in [-0.05, 0) is 53.3 Å². The van der Waals surface area contributed by atoms with Crippen LogP contribution in [0.15, 0.2) is 46.8 Å². The average Bonchev–Trinajstić information content (AvgIpc) is 3.41. The van der Waals surface area contributed by atoms with Crippen LogP contribution in [0.5, 0.6) is 11.5 Å². The Morgan fingerprint density at radius 1 is 1.35 bits per heavy atom. The molecule has 3 atom stereocenters. The summed E-state index contributed by atoms with van der Waals surface area (Å²) in [6.45, 7) is 1.90. The van der Waals surface area contributed by atoms with Crippen molar-refractivity contribution in [3.8, 4) is 11.5 Å². The summed E-state index contributed by atoms with van der Waals surface area (Å²) in [6.07, 6.45) is 4.02. The Kier molecular flexibility index (Phi) is 10.5. The molecular formula is C26H31IN2O8. The second kappa shape index (κ2) is 13.6. The minimum atomic E-state index is -1.19.